The maximum atomic E-state index is 12.7. The molecule has 1 aromatic rings. The van der Waals surface area contributed by atoms with Gasteiger partial charge in [-0.3, -0.25) is 0 Å². The second-order valence-electron chi connectivity index (χ2n) is 6.38. The number of fused-ring (bicyclic) bond motifs is 2. The van der Waals surface area contributed by atoms with Crippen molar-refractivity contribution in [2.75, 3.05) is 0 Å². The van der Waals surface area contributed by atoms with Gasteiger partial charge in [-0.05, 0) is 55.9 Å². The fourth-order valence-corrected chi connectivity index (χ4v) is 6.32. The molecule has 7 heteroatoms. The Balaban J connectivity index is 1.98. The summed E-state index contributed by atoms with van der Waals surface area (Å²) in [4.78, 5) is 0. The highest BCUT2D eigenvalue weighted by Crippen LogP contribution is 2.48. The van der Waals surface area contributed by atoms with Crippen LogP contribution in [-0.4, -0.2) is 24.0 Å². The first kappa shape index (κ1) is 15.8. The Morgan fingerprint density at radius 1 is 1.18 bits per heavy atom. The van der Waals surface area contributed by atoms with Gasteiger partial charge in [0.2, 0.25) is 0 Å². The second-order valence-corrected chi connectivity index (χ2v) is 8.89. The maximum Gasteiger partial charge on any atom is 0.416 e. The predicted octanol–water partition coefficient (Wildman–Crippen LogP) is 2.94. The fourth-order valence-electron chi connectivity index (χ4n) is 3.83. The van der Waals surface area contributed by atoms with Gasteiger partial charge < -0.3 is 5.11 Å². The zero-order valence-electron chi connectivity index (χ0n) is 12.0. The van der Waals surface area contributed by atoms with Crippen molar-refractivity contribution in [2.24, 2.45) is 0 Å². The highest BCUT2D eigenvalue weighted by molar-refractivity contribution is 7.93. The van der Waals surface area contributed by atoms with Gasteiger partial charge in [-0.15, -0.1) is 0 Å². The first-order valence-corrected chi connectivity index (χ1v) is 8.78. The van der Waals surface area contributed by atoms with Gasteiger partial charge in [-0.25, -0.2) is 8.42 Å². The number of rotatable bonds is 1. The summed E-state index contributed by atoms with van der Waals surface area (Å²) in [6.07, 6.45) is -3.25. The lowest BCUT2D eigenvalue weighted by molar-refractivity contribution is -0.137. The molecule has 122 valence electrons. The summed E-state index contributed by atoms with van der Waals surface area (Å²) in [7, 11) is -3.19. The lowest BCUT2D eigenvalue weighted by atomic mass is 9.83. The van der Waals surface area contributed by atoms with E-state index in [0.29, 0.717) is 24.0 Å². The van der Waals surface area contributed by atoms with E-state index in [0.717, 1.165) is 12.1 Å². The molecule has 0 aliphatic carbocycles. The summed E-state index contributed by atoms with van der Waals surface area (Å²) in [5.74, 6) is 0. The minimum atomic E-state index is -4.43. The third-order valence-electron chi connectivity index (χ3n) is 4.93. The molecular formula is C15H17F3O3S. The number of aryl methyl sites for hydroxylation is 1. The number of hydrogen-bond acceptors (Lipinski definition) is 3. The van der Waals surface area contributed by atoms with Crippen LogP contribution < -0.4 is 0 Å². The molecule has 2 saturated heterocycles. The molecule has 0 radical (unpaired) electrons. The third-order valence-corrected chi connectivity index (χ3v) is 7.59. The molecule has 1 aromatic carbocycles. The van der Waals surface area contributed by atoms with E-state index in [9.17, 15) is 26.7 Å². The lowest BCUT2D eigenvalue weighted by Gasteiger charge is -2.37. The molecule has 2 aliphatic rings. The van der Waals surface area contributed by atoms with Gasteiger partial charge in [-0.2, -0.15) is 13.2 Å². The summed E-state index contributed by atoms with van der Waals surface area (Å²) in [5, 5.41) is 9.71. The molecule has 2 fully saturated rings. The van der Waals surface area contributed by atoms with Crippen LogP contribution in [-0.2, 0) is 21.6 Å². The Morgan fingerprint density at radius 3 is 2.18 bits per heavy atom. The average molecular weight is 334 g/mol. The van der Waals surface area contributed by atoms with Crippen molar-refractivity contribution in [3.63, 3.8) is 0 Å². The van der Waals surface area contributed by atoms with E-state index in [-0.39, 0.29) is 12.8 Å². The van der Waals surface area contributed by atoms with E-state index in [4.69, 9.17) is 0 Å². The fraction of sp³-hybridized carbons (Fsp3) is 0.600. The van der Waals surface area contributed by atoms with Crippen LogP contribution in [0, 0.1) is 6.92 Å². The van der Waals surface area contributed by atoms with Crippen LogP contribution in [0.15, 0.2) is 18.2 Å². The molecule has 3 rings (SSSR count). The Morgan fingerprint density at radius 2 is 1.73 bits per heavy atom. The quantitative estimate of drug-likeness (QED) is 0.859. The molecule has 2 aliphatic heterocycles. The van der Waals surface area contributed by atoms with Crippen molar-refractivity contribution < 1.29 is 26.7 Å². The smallest absolute Gasteiger partial charge is 0.385 e. The highest BCUT2D eigenvalue weighted by Gasteiger charge is 2.53. The predicted molar refractivity (Wildman–Crippen MR) is 75.0 cm³/mol. The molecule has 22 heavy (non-hydrogen) atoms. The Hall–Kier alpha value is -1.08. The number of sulfone groups is 1. The van der Waals surface area contributed by atoms with Gasteiger partial charge >= 0.3 is 6.18 Å². The highest BCUT2D eigenvalue weighted by atomic mass is 32.2. The molecule has 2 atom stereocenters. The van der Waals surface area contributed by atoms with E-state index in [1.807, 2.05) is 0 Å². The zero-order valence-corrected chi connectivity index (χ0v) is 12.8. The molecule has 1 N–H and O–H groups in total. The van der Waals surface area contributed by atoms with Crippen molar-refractivity contribution in [1.82, 2.24) is 0 Å². The largest absolute Gasteiger partial charge is 0.416 e. The van der Waals surface area contributed by atoms with Crippen molar-refractivity contribution in [1.29, 1.82) is 0 Å². The summed E-state index contributed by atoms with van der Waals surface area (Å²) in [6, 6.07) is 3.25. The van der Waals surface area contributed by atoms with E-state index < -0.39 is 37.7 Å². The van der Waals surface area contributed by atoms with Gasteiger partial charge in [0, 0.05) is 0 Å². The zero-order chi connectivity index (χ0) is 16.3. The maximum absolute atomic E-state index is 12.7. The SMILES string of the molecule is Cc1cc(C(F)(F)F)ccc1C1(O)CC2CCC(C1)S2(=O)=O. The Kier molecular flexibility index (Phi) is 3.38. The second kappa shape index (κ2) is 4.71. The lowest BCUT2D eigenvalue weighted by Crippen LogP contribution is -2.43. The van der Waals surface area contributed by atoms with E-state index >= 15 is 0 Å². The van der Waals surface area contributed by atoms with Crippen LogP contribution in [0.25, 0.3) is 0 Å². The summed E-state index contributed by atoms with van der Waals surface area (Å²) in [5.41, 5.74) is -1.36. The van der Waals surface area contributed by atoms with Crippen LogP contribution in [0.2, 0.25) is 0 Å². The molecule has 0 spiro atoms. The van der Waals surface area contributed by atoms with Crippen molar-refractivity contribution in [2.45, 2.75) is 54.9 Å². The number of alkyl halides is 3. The monoisotopic (exact) mass is 334 g/mol. The number of aliphatic hydroxyl groups is 1. The van der Waals surface area contributed by atoms with Crippen LogP contribution in [0.3, 0.4) is 0 Å². The molecular weight excluding hydrogens is 317 g/mol. The first-order chi connectivity index (χ1) is 10.0. The molecule has 3 nitrogen and oxygen atoms in total. The van der Waals surface area contributed by atoms with E-state index in [1.54, 1.807) is 0 Å². The molecule has 2 heterocycles. The van der Waals surface area contributed by atoms with Crippen LogP contribution in [0.1, 0.15) is 42.4 Å². The number of benzene rings is 1. The van der Waals surface area contributed by atoms with E-state index in [2.05, 4.69) is 0 Å². The van der Waals surface area contributed by atoms with Gasteiger partial charge in [0.15, 0.2) is 9.84 Å². The minimum absolute atomic E-state index is 0.0675. The van der Waals surface area contributed by atoms with Crippen molar-refractivity contribution in [3.8, 4) is 0 Å². The summed E-state index contributed by atoms with van der Waals surface area (Å²) in [6.45, 7) is 1.52. The summed E-state index contributed by atoms with van der Waals surface area (Å²) >= 11 is 0. The van der Waals surface area contributed by atoms with Gasteiger partial charge in [0.05, 0.1) is 21.7 Å². The van der Waals surface area contributed by atoms with Gasteiger partial charge in [0.1, 0.15) is 0 Å². The van der Waals surface area contributed by atoms with Crippen LogP contribution in [0.5, 0.6) is 0 Å². The molecule has 2 unspecified atom stereocenters. The standard InChI is InChI=1S/C15H17F3O3S/c1-9-6-10(15(16,17)18)2-5-13(9)14(19)7-11-3-4-12(8-14)22(11,20)21/h2,5-6,11-12,19H,3-4,7-8H2,1H3. The average Bonchev–Trinajstić information content (AvgIpc) is 2.58. The van der Waals surface area contributed by atoms with Crippen molar-refractivity contribution >= 4 is 9.84 Å². The molecule has 2 bridgehead atoms. The van der Waals surface area contributed by atoms with E-state index in [1.165, 1.54) is 13.0 Å². The Bertz CT molecular complexity index is 689. The van der Waals surface area contributed by atoms with Crippen LogP contribution in [0.4, 0.5) is 13.2 Å². The normalized spacial score (nSPS) is 33.9. The molecule has 0 aromatic heterocycles. The molecule has 0 saturated carbocycles. The van der Waals surface area contributed by atoms with Gasteiger partial charge in [0.25, 0.3) is 0 Å². The molecule has 0 amide bonds. The number of hydrogen-bond donors (Lipinski definition) is 1. The minimum Gasteiger partial charge on any atom is -0.385 e. The first-order valence-electron chi connectivity index (χ1n) is 7.17. The van der Waals surface area contributed by atoms with Gasteiger partial charge in [-0.1, -0.05) is 6.07 Å². The topological polar surface area (TPSA) is 54.4 Å². The summed E-state index contributed by atoms with van der Waals surface area (Å²) < 4.78 is 62.4. The third kappa shape index (κ3) is 2.34. The van der Waals surface area contributed by atoms with Crippen molar-refractivity contribution in [3.05, 3.63) is 34.9 Å². The van der Waals surface area contributed by atoms with Crippen LogP contribution >= 0.6 is 0 Å². The Labute approximate surface area is 127 Å². The number of halogens is 3.